The van der Waals surface area contributed by atoms with Crippen molar-refractivity contribution in [1.82, 2.24) is 10.0 Å². The number of carbonyl (C=O) groups is 1. The molecule has 1 fully saturated rings. The van der Waals surface area contributed by atoms with E-state index in [1.54, 1.807) is 6.92 Å². The van der Waals surface area contributed by atoms with Crippen molar-refractivity contribution in [3.63, 3.8) is 0 Å². The fourth-order valence-corrected chi connectivity index (χ4v) is 2.56. The third-order valence-electron chi connectivity index (χ3n) is 2.16. The second-order valence-electron chi connectivity index (χ2n) is 3.75. The molecule has 1 atom stereocenters. The van der Waals surface area contributed by atoms with Gasteiger partial charge in [0.15, 0.2) is 0 Å². The van der Waals surface area contributed by atoms with Gasteiger partial charge in [-0.3, -0.25) is 9.52 Å². The summed E-state index contributed by atoms with van der Waals surface area (Å²) in [4.78, 5) is 11.4. The number of carbonyl (C=O) groups excluding carboxylic acids is 1. The van der Waals surface area contributed by atoms with E-state index in [-0.39, 0.29) is 18.3 Å². The van der Waals surface area contributed by atoms with E-state index >= 15 is 0 Å². The SMILES string of the molecule is CCCS(=O)(=O)NC(=O)CC1CNCCO1. The van der Waals surface area contributed by atoms with Gasteiger partial charge in [-0.25, -0.2) is 8.42 Å². The predicted molar refractivity (Wildman–Crippen MR) is 59.4 cm³/mol. The zero-order valence-electron chi connectivity index (χ0n) is 9.36. The smallest absolute Gasteiger partial charge is 0.236 e. The summed E-state index contributed by atoms with van der Waals surface area (Å²) in [5, 5.41) is 3.07. The normalized spacial score (nSPS) is 21.7. The number of amides is 1. The Kier molecular flexibility index (Phi) is 5.17. The number of sulfonamides is 1. The van der Waals surface area contributed by atoms with Crippen molar-refractivity contribution in [2.24, 2.45) is 0 Å². The zero-order chi connectivity index (χ0) is 12.0. The number of hydrogen-bond donors (Lipinski definition) is 2. The van der Waals surface area contributed by atoms with E-state index in [4.69, 9.17) is 4.74 Å². The van der Waals surface area contributed by atoms with E-state index in [0.29, 0.717) is 19.6 Å². The van der Waals surface area contributed by atoms with Gasteiger partial charge >= 0.3 is 0 Å². The first-order valence-electron chi connectivity index (χ1n) is 5.39. The molecule has 1 heterocycles. The van der Waals surface area contributed by atoms with Crippen LogP contribution in [0.25, 0.3) is 0 Å². The van der Waals surface area contributed by atoms with Gasteiger partial charge in [0.2, 0.25) is 15.9 Å². The minimum absolute atomic E-state index is 0.0253. The summed E-state index contributed by atoms with van der Waals surface area (Å²) in [6.45, 7) is 3.66. The lowest BCUT2D eigenvalue weighted by molar-refractivity contribution is -0.122. The molecule has 16 heavy (non-hydrogen) atoms. The molecule has 0 aliphatic carbocycles. The lowest BCUT2D eigenvalue weighted by atomic mass is 10.2. The summed E-state index contributed by atoms with van der Waals surface area (Å²) in [6, 6.07) is 0. The van der Waals surface area contributed by atoms with Crippen LogP contribution in [0.3, 0.4) is 0 Å². The first-order chi connectivity index (χ1) is 7.53. The zero-order valence-corrected chi connectivity index (χ0v) is 10.2. The fourth-order valence-electron chi connectivity index (χ4n) is 1.49. The molecule has 0 spiro atoms. The first-order valence-corrected chi connectivity index (χ1v) is 7.04. The van der Waals surface area contributed by atoms with Crippen LogP contribution in [0.5, 0.6) is 0 Å². The number of hydrogen-bond acceptors (Lipinski definition) is 5. The van der Waals surface area contributed by atoms with Crippen LogP contribution in [0.4, 0.5) is 0 Å². The van der Waals surface area contributed by atoms with E-state index in [9.17, 15) is 13.2 Å². The van der Waals surface area contributed by atoms with Gasteiger partial charge in [0.1, 0.15) is 0 Å². The molecule has 0 aromatic rings. The van der Waals surface area contributed by atoms with Crippen molar-refractivity contribution in [3.05, 3.63) is 0 Å². The second kappa shape index (κ2) is 6.17. The molecule has 0 aromatic heterocycles. The van der Waals surface area contributed by atoms with Crippen LogP contribution in [-0.2, 0) is 19.6 Å². The van der Waals surface area contributed by atoms with Crippen molar-refractivity contribution in [3.8, 4) is 0 Å². The second-order valence-corrected chi connectivity index (χ2v) is 5.59. The van der Waals surface area contributed by atoms with Gasteiger partial charge in [-0.15, -0.1) is 0 Å². The van der Waals surface area contributed by atoms with Crippen LogP contribution in [0.15, 0.2) is 0 Å². The third-order valence-corrected chi connectivity index (χ3v) is 3.64. The van der Waals surface area contributed by atoms with Crippen molar-refractivity contribution < 1.29 is 17.9 Å². The Morgan fingerprint density at radius 3 is 2.88 bits per heavy atom. The molecule has 2 N–H and O–H groups in total. The molecule has 1 rings (SSSR count). The van der Waals surface area contributed by atoms with Crippen LogP contribution in [0.2, 0.25) is 0 Å². The van der Waals surface area contributed by atoms with Gasteiger partial charge in [0.05, 0.1) is 24.9 Å². The molecule has 0 saturated carbocycles. The topological polar surface area (TPSA) is 84.5 Å². The van der Waals surface area contributed by atoms with Crippen LogP contribution >= 0.6 is 0 Å². The maximum absolute atomic E-state index is 11.4. The first kappa shape index (κ1) is 13.4. The Labute approximate surface area is 95.8 Å². The van der Waals surface area contributed by atoms with Crippen LogP contribution in [0.1, 0.15) is 19.8 Å². The number of nitrogens with one attached hydrogen (secondary N) is 2. The lowest BCUT2D eigenvalue weighted by Gasteiger charge is -2.22. The summed E-state index contributed by atoms with van der Waals surface area (Å²) in [7, 11) is -3.46. The highest BCUT2D eigenvalue weighted by molar-refractivity contribution is 7.90. The largest absolute Gasteiger partial charge is 0.375 e. The molecule has 1 unspecified atom stereocenters. The highest BCUT2D eigenvalue weighted by Gasteiger charge is 2.20. The van der Waals surface area contributed by atoms with Crippen LogP contribution < -0.4 is 10.0 Å². The predicted octanol–water partition coefficient (Wildman–Crippen LogP) is -0.779. The van der Waals surface area contributed by atoms with E-state index in [1.807, 2.05) is 4.72 Å². The van der Waals surface area contributed by atoms with Gasteiger partial charge in [-0.05, 0) is 6.42 Å². The summed E-state index contributed by atoms with van der Waals surface area (Å²) < 4.78 is 29.9. The standard InChI is InChI=1S/C9H18N2O4S/c1-2-5-16(13,14)11-9(12)6-8-7-10-3-4-15-8/h8,10H,2-7H2,1H3,(H,11,12). The van der Waals surface area contributed by atoms with Gasteiger partial charge < -0.3 is 10.1 Å². The van der Waals surface area contributed by atoms with E-state index < -0.39 is 15.9 Å². The Balaban J connectivity index is 2.34. The highest BCUT2D eigenvalue weighted by atomic mass is 32.2. The number of morpholine rings is 1. The Morgan fingerprint density at radius 2 is 2.31 bits per heavy atom. The Bertz CT molecular complexity index is 322. The maximum Gasteiger partial charge on any atom is 0.236 e. The molecule has 0 radical (unpaired) electrons. The summed E-state index contributed by atoms with van der Waals surface area (Å²) in [5.74, 6) is -0.523. The van der Waals surface area contributed by atoms with E-state index in [2.05, 4.69) is 5.32 Å². The Hall–Kier alpha value is -0.660. The fraction of sp³-hybridized carbons (Fsp3) is 0.889. The van der Waals surface area contributed by atoms with Crippen LogP contribution in [-0.4, -0.2) is 45.9 Å². The van der Waals surface area contributed by atoms with Crippen molar-refractivity contribution in [1.29, 1.82) is 0 Å². The van der Waals surface area contributed by atoms with Crippen molar-refractivity contribution in [2.75, 3.05) is 25.4 Å². The average molecular weight is 250 g/mol. The van der Waals surface area contributed by atoms with Gasteiger partial charge in [-0.2, -0.15) is 0 Å². The molecular weight excluding hydrogens is 232 g/mol. The van der Waals surface area contributed by atoms with Crippen molar-refractivity contribution in [2.45, 2.75) is 25.9 Å². The molecule has 7 heteroatoms. The molecule has 0 aromatic carbocycles. The van der Waals surface area contributed by atoms with Crippen molar-refractivity contribution >= 4 is 15.9 Å². The molecule has 94 valence electrons. The summed E-state index contributed by atoms with van der Waals surface area (Å²) >= 11 is 0. The quantitative estimate of drug-likeness (QED) is 0.669. The Morgan fingerprint density at radius 1 is 1.56 bits per heavy atom. The lowest BCUT2D eigenvalue weighted by Crippen LogP contribution is -2.42. The van der Waals surface area contributed by atoms with Crippen LogP contribution in [0, 0.1) is 0 Å². The third kappa shape index (κ3) is 4.91. The minimum atomic E-state index is -3.46. The molecule has 6 nitrogen and oxygen atoms in total. The number of rotatable bonds is 5. The highest BCUT2D eigenvalue weighted by Crippen LogP contribution is 2.02. The monoisotopic (exact) mass is 250 g/mol. The molecule has 1 amide bonds. The molecule has 1 aliphatic rings. The molecular formula is C9H18N2O4S. The average Bonchev–Trinajstić information content (AvgIpc) is 2.17. The van der Waals surface area contributed by atoms with Gasteiger partial charge in [-0.1, -0.05) is 6.92 Å². The maximum atomic E-state index is 11.4. The molecule has 1 saturated heterocycles. The van der Waals surface area contributed by atoms with E-state index in [0.717, 1.165) is 6.54 Å². The van der Waals surface area contributed by atoms with Gasteiger partial charge in [0, 0.05) is 13.1 Å². The summed E-state index contributed by atoms with van der Waals surface area (Å²) in [6.07, 6.45) is 0.339. The molecule has 1 aliphatic heterocycles. The van der Waals surface area contributed by atoms with Gasteiger partial charge in [0.25, 0.3) is 0 Å². The summed E-state index contributed by atoms with van der Waals surface area (Å²) in [5.41, 5.74) is 0. The molecule has 0 bridgehead atoms. The minimum Gasteiger partial charge on any atom is -0.375 e. The number of ether oxygens (including phenoxy) is 1. The van der Waals surface area contributed by atoms with E-state index in [1.165, 1.54) is 0 Å².